The predicted octanol–water partition coefficient (Wildman–Crippen LogP) is 3.04. The Labute approximate surface area is 104 Å². The zero-order valence-corrected chi connectivity index (χ0v) is 10.2. The number of ether oxygens (including phenoxy) is 1. The summed E-state index contributed by atoms with van der Waals surface area (Å²) >= 11 is 0. The molecule has 1 rings (SSSR count). The zero-order chi connectivity index (χ0) is 13.6. The number of halogens is 3. The molecule has 1 atom stereocenters. The van der Waals surface area contributed by atoms with Gasteiger partial charge in [-0.05, 0) is 31.4 Å². The molecular weight excluding hydrogens is 245 g/mol. The van der Waals surface area contributed by atoms with Crippen LogP contribution in [-0.4, -0.2) is 24.4 Å². The van der Waals surface area contributed by atoms with Gasteiger partial charge in [0.1, 0.15) is 0 Å². The summed E-state index contributed by atoms with van der Waals surface area (Å²) in [4.78, 5) is 0. The molecule has 102 valence electrons. The highest BCUT2D eigenvalue weighted by Gasteiger charge is 2.33. The summed E-state index contributed by atoms with van der Waals surface area (Å²) in [6.07, 6.45) is -4.88. The Kier molecular flexibility index (Phi) is 5.62. The molecule has 0 saturated carbocycles. The lowest BCUT2D eigenvalue weighted by Gasteiger charge is -2.15. The van der Waals surface area contributed by atoms with Gasteiger partial charge in [0.15, 0.2) is 0 Å². The normalized spacial score (nSPS) is 13.6. The Balaban J connectivity index is 2.66. The monoisotopic (exact) mass is 262 g/mol. The van der Waals surface area contributed by atoms with Crippen LogP contribution in [0.25, 0.3) is 0 Å². The first-order valence-corrected chi connectivity index (χ1v) is 5.86. The highest BCUT2D eigenvalue weighted by molar-refractivity contribution is 5.30. The number of benzene rings is 1. The summed E-state index contributed by atoms with van der Waals surface area (Å²) in [5, 5.41) is 9.67. The van der Waals surface area contributed by atoms with Gasteiger partial charge in [-0.3, -0.25) is 0 Å². The summed E-state index contributed by atoms with van der Waals surface area (Å²) in [5.74, 6) is 0. The van der Waals surface area contributed by atoms with E-state index in [0.29, 0.717) is 19.6 Å². The van der Waals surface area contributed by atoms with Gasteiger partial charge in [0.2, 0.25) is 0 Å². The molecule has 0 bridgehead atoms. The third-order valence-corrected chi connectivity index (χ3v) is 2.58. The predicted molar refractivity (Wildman–Crippen MR) is 62.3 cm³/mol. The Bertz CT molecular complexity index is 363. The fourth-order valence-electron chi connectivity index (χ4n) is 1.69. The molecule has 0 heterocycles. The molecule has 0 fully saturated rings. The lowest BCUT2D eigenvalue weighted by atomic mass is 10.00. The first-order valence-electron chi connectivity index (χ1n) is 5.86. The fourth-order valence-corrected chi connectivity index (χ4v) is 1.69. The van der Waals surface area contributed by atoms with Crippen LogP contribution in [-0.2, 0) is 17.3 Å². The maximum Gasteiger partial charge on any atom is 0.416 e. The van der Waals surface area contributed by atoms with Gasteiger partial charge in [0.05, 0.1) is 11.7 Å². The van der Waals surface area contributed by atoms with Gasteiger partial charge < -0.3 is 9.84 Å². The van der Waals surface area contributed by atoms with Gasteiger partial charge in [-0.1, -0.05) is 18.2 Å². The second-order valence-corrected chi connectivity index (χ2v) is 4.00. The van der Waals surface area contributed by atoms with Crippen molar-refractivity contribution < 1.29 is 23.0 Å². The number of hydrogen-bond acceptors (Lipinski definition) is 2. The Morgan fingerprint density at radius 3 is 2.56 bits per heavy atom. The number of alkyl halides is 3. The maximum atomic E-state index is 12.7. The molecule has 18 heavy (non-hydrogen) atoms. The molecule has 1 unspecified atom stereocenters. The van der Waals surface area contributed by atoms with E-state index >= 15 is 0 Å². The zero-order valence-electron chi connectivity index (χ0n) is 10.2. The maximum absolute atomic E-state index is 12.7. The van der Waals surface area contributed by atoms with Crippen molar-refractivity contribution in [1.82, 2.24) is 0 Å². The van der Waals surface area contributed by atoms with Crippen molar-refractivity contribution in [3.63, 3.8) is 0 Å². The summed E-state index contributed by atoms with van der Waals surface area (Å²) in [6.45, 7) is 2.71. The largest absolute Gasteiger partial charge is 0.416 e. The van der Waals surface area contributed by atoms with Gasteiger partial charge >= 0.3 is 6.18 Å². The van der Waals surface area contributed by atoms with E-state index in [1.54, 1.807) is 6.07 Å². The van der Waals surface area contributed by atoms with E-state index in [-0.39, 0.29) is 12.0 Å². The number of aliphatic hydroxyl groups is 1. The topological polar surface area (TPSA) is 29.5 Å². The van der Waals surface area contributed by atoms with E-state index in [1.165, 1.54) is 12.1 Å². The number of aliphatic hydroxyl groups excluding tert-OH is 1. The van der Waals surface area contributed by atoms with Crippen LogP contribution >= 0.6 is 0 Å². The van der Waals surface area contributed by atoms with Crippen LogP contribution < -0.4 is 0 Å². The van der Waals surface area contributed by atoms with Crippen LogP contribution in [0.5, 0.6) is 0 Å². The van der Waals surface area contributed by atoms with Crippen molar-refractivity contribution in [1.29, 1.82) is 0 Å². The lowest BCUT2D eigenvalue weighted by molar-refractivity contribution is -0.138. The van der Waals surface area contributed by atoms with Crippen LogP contribution in [0.2, 0.25) is 0 Å². The average Bonchev–Trinajstić information content (AvgIpc) is 2.28. The molecule has 0 spiro atoms. The number of hydrogen-bond donors (Lipinski definition) is 1. The van der Waals surface area contributed by atoms with Crippen LogP contribution in [0.1, 0.15) is 24.5 Å². The first kappa shape index (κ1) is 15.0. The van der Waals surface area contributed by atoms with Crippen molar-refractivity contribution >= 4 is 0 Å². The Hall–Kier alpha value is -1.07. The minimum absolute atomic E-state index is 0.0112. The minimum Gasteiger partial charge on any atom is -0.393 e. The highest BCUT2D eigenvalue weighted by atomic mass is 19.4. The molecule has 1 N–H and O–H groups in total. The van der Waals surface area contributed by atoms with E-state index in [4.69, 9.17) is 4.74 Å². The first-order chi connectivity index (χ1) is 8.45. The van der Waals surface area contributed by atoms with Crippen molar-refractivity contribution in [2.24, 2.45) is 0 Å². The van der Waals surface area contributed by atoms with Crippen LogP contribution in [0.4, 0.5) is 13.2 Å². The van der Waals surface area contributed by atoms with Crippen molar-refractivity contribution in [3.8, 4) is 0 Å². The molecule has 2 nitrogen and oxygen atoms in total. The van der Waals surface area contributed by atoms with E-state index < -0.39 is 17.8 Å². The number of rotatable bonds is 6. The van der Waals surface area contributed by atoms with Crippen molar-refractivity contribution in [3.05, 3.63) is 35.4 Å². The van der Waals surface area contributed by atoms with Gasteiger partial charge in [-0.25, -0.2) is 0 Å². The van der Waals surface area contributed by atoms with E-state index in [2.05, 4.69) is 0 Å². The second-order valence-electron chi connectivity index (χ2n) is 4.00. The quantitative estimate of drug-likeness (QED) is 0.798. The van der Waals surface area contributed by atoms with Crippen LogP contribution in [0, 0.1) is 0 Å². The summed E-state index contributed by atoms with van der Waals surface area (Å²) in [6, 6.07) is 5.32. The Morgan fingerprint density at radius 2 is 1.94 bits per heavy atom. The van der Waals surface area contributed by atoms with Crippen molar-refractivity contribution in [2.75, 3.05) is 13.2 Å². The molecule has 1 aromatic rings. The molecule has 5 heteroatoms. The molecule has 0 saturated heterocycles. The fraction of sp³-hybridized carbons (Fsp3) is 0.538. The van der Waals surface area contributed by atoms with Crippen LogP contribution in [0.3, 0.4) is 0 Å². The molecule has 0 aromatic heterocycles. The third-order valence-electron chi connectivity index (χ3n) is 2.58. The Morgan fingerprint density at radius 1 is 1.28 bits per heavy atom. The molecule has 1 aromatic carbocycles. The molecule has 0 radical (unpaired) electrons. The van der Waals surface area contributed by atoms with E-state index in [1.807, 2.05) is 6.92 Å². The van der Waals surface area contributed by atoms with Gasteiger partial charge in [-0.15, -0.1) is 0 Å². The molecule has 0 amide bonds. The van der Waals surface area contributed by atoms with Gasteiger partial charge in [-0.2, -0.15) is 13.2 Å². The molecular formula is C13H17F3O2. The summed E-state index contributed by atoms with van der Waals surface area (Å²) < 4.78 is 43.2. The van der Waals surface area contributed by atoms with Gasteiger partial charge in [0.25, 0.3) is 0 Å². The second kappa shape index (κ2) is 6.75. The smallest absolute Gasteiger partial charge is 0.393 e. The lowest BCUT2D eigenvalue weighted by Crippen LogP contribution is -2.17. The summed E-state index contributed by atoms with van der Waals surface area (Å²) in [7, 11) is 0. The van der Waals surface area contributed by atoms with E-state index in [0.717, 1.165) is 6.07 Å². The summed E-state index contributed by atoms with van der Waals surface area (Å²) in [5.41, 5.74) is -0.561. The molecule has 0 aliphatic rings. The minimum atomic E-state index is -4.38. The molecule has 0 aliphatic heterocycles. The third kappa shape index (κ3) is 4.66. The molecule has 0 aliphatic carbocycles. The van der Waals surface area contributed by atoms with Crippen molar-refractivity contribution in [2.45, 2.75) is 32.0 Å². The van der Waals surface area contributed by atoms with Gasteiger partial charge in [0, 0.05) is 13.2 Å². The SMILES string of the molecule is CCOCCC(O)Cc1ccccc1C(F)(F)F. The standard InChI is InChI=1S/C13H17F3O2/c1-2-18-8-7-11(17)9-10-5-3-4-6-12(10)13(14,15)16/h3-6,11,17H,2,7-9H2,1H3. The average molecular weight is 262 g/mol. The highest BCUT2D eigenvalue weighted by Crippen LogP contribution is 2.32. The van der Waals surface area contributed by atoms with E-state index in [9.17, 15) is 18.3 Å². The van der Waals surface area contributed by atoms with Crippen LogP contribution in [0.15, 0.2) is 24.3 Å².